The lowest BCUT2D eigenvalue weighted by Crippen LogP contribution is -2.33. The Balaban J connectivity index is 2.12. The Hall–Kier alpha value is -2.72. The summed E-state index contributed by atoms with van der Waals surface area (Å²) in [5.74, 6) is -0.432. The fourth-order valence-electron chi connectivity index (χ4n) is 2.94. The van der Waals surface area contributed by atoms with E-state index in [4.69, 9.17) is 9.26 Å². The van der Waals surface area contributed by atoms with E-state index >= 15 is 0 Å². The van der Waals surface area contributed by atoms with Crippen molar-refractivity contribution in [1.82, 2.24) is 9.46 Å². The number of aryl methyl sites for hydroxylation is 1. The molecule has 0 radical (unpaired) electrons. The zero-order valence-electron chi connectivity index (χ0n) is 18.3. The molecule has 0 fully saturated rings. The minimum atomic E-state index is -3.62. The third kappa shape index (κ3) is 6.38. The maximum atomic E-state index is 12.6. The van der Waals surface area contributed by atoms with Crippen LogP contribution in [-0.4, -0.2) is 48.9 Å². The van der Waals surface area contributed by atoms with Crippen LogP contribution < -0.4 is 5.32 Å². The summed E-state index contributed by atoms with van der Waals surface area (Å²) in [5, 5.41) is 6.29. The fraction of sp³-hybridized carbons (Fsp3) is 0.476. The number of esters is 1. The number of unbranched alkanes of at least 4 members (excludes halogenated alkanes) is 1. The summed E-state index contributed by atoms with van der Waals surface area (Å²) in [6, 6.07) is 7.06. The van der Waals surface area contributed by atoms with Crippen LogP contribution in [0.5, 0.6) is 0 Å². The number of hydrogen-bond acceptors (Lipinski definition) is 7. The van der Waals surface area contributed by atoms with E-state index in [2.05, 4.69) is 10.5 Å². The summed E-state index contributed by atoms with van der Waals surface area (Å²) in [6.45, 7) is 7.88. The second kappa shape index (κ2) is 11.1. The van der Waals surface area contributed by atoms with Crippen molar-refractivity contribution in [3.63, 3.8) is 0 Å². The molecule has 0 saturated heterocycles. The van der Waals surface area contributed by atoms with Gasteiger partial charge in [0.2, 0.25) is 10.0 Å². The monoisotopic (exact) mass is 451 g/mol. The number of aromatic nitrogens is 1. The molecule has 0 bridgehead atoms. The van der Waals surface area contributed by atoms with E-state index in [-0.39, 0.29) is 16.3 Å². The maximum absolute atomic E-state index is 12.6. The first-order chi connectivity index (χ1) is 14.7. The zero-order chi connectivity index (χ0) is 23.0. The van der Waals surface area contributed by atoms with E-state index in [1.165, 1.54) is 28.6 Å². The molecule has 1 aromatic carbocycles. The van der Waals surface area contributed by atoms with Crippen LogP contribution in [0.2, 0.25) is 0 Å². The smallest absolute Gasteiger partial charge is 0.338 e. The van der Waals surface area contributed by atoms with E-state index < -0.39 is 28.0 Å². The van der Waals surface area contributed by atoms with Gasteiger partial charge in [-0.25, -0.2) is 13.2 Å². The summed E-state index contributed by atoms with van der Waals surface area (Å²) in [7, 11) is -3.62. The molecule has 1 heterocycles. The molecule has 1 amide bonds. The maximum Gasteiger partial charge on any atom is 0.338 e. The van der Waals surface area contributed by atoms with Gasteiger partial charge in [0.15, 0.2) is 11.9 Å². The molecule has 0 aliphatic carbocycles. The molecule has 0 unspecified atom stereocenters. The highest BCUT2D eigenvalue weighted by Crippen LogP contribution is 2.18. The Bertz CT molecular complexity index is 981. The van der Waals surface area contributed by atoms with Gasteiger partial charge in [-0.05, 0) is 44.0 Å². The average Bonchev–Trinajstić information content (AvgIpc) is 3.16. The summed E-state index contributed by atoms with van der Waals surface area (Å²) < 4.78 is 36.8. The Labute approximate surface area is 182 Å². The minimum Gasteiger partial charge on any atom is -0.449 e. The molecule has 2 rings (SSSR count). The van der Waals surface area contributed by atoms with Crippen molar-refractivity contribution in [2.24, 2.45) is 0 Å². The van der Waals surface area contributed by atoms with Crippen molar-refractivity contribution in [1.29, 1.82) is 0 Å². The SMILES string of the molecule is CCCC[C@@H](OC(=O)c1ccc(S(=O)(=O)N(CC)CC)cc1)C(=O)Nc1cc(C)on1. The van der Waals surface area contributed by atoms with E-state index in [0.717, 1.165) is 6.42 Å². The standard InChI is InChI=1S/C21H29N3O6S/c1-5-8-9-18(20(25)22-19-14-15(4)30-23-19)29-21(26)16-10-12-17(13-11-16)31(27,28)24(6-2)7-3/h10-14,18H,5-9H2,1-4H3,(H,22,23,25)/t18-/m1/s1. The van der Waals surface area contributed by atoms with Gasteiger partial charge in [-0.1, -0.05) is 32.3 Å². The van der Waals surface area contributed by atoms with Crippen molar-refractivity contribution in [2.45, 2.75) is 58.0 Å². The molecule has 0 aliphatic heterocycles. The first kappa shape index (κ1) is 24.5. The molecule has 9 nitrogen and oxygen atoms in total. The van der Waals surface area contributed by atoms with E-state index in [1.807, 2.05) is 6.92 Å². The summed E-state index contributed by atoms with van der Waals surface area (Å²) >= 11 is 0. The number of hydrogen-bond donors (Lipinski definition) is 1. The number of carbonyl (C=O) groups is 2. The van der Waals surface area contributed by atoms with Gasteiger partial charge in [-0.3, -0.25) is 4.79 Å². The van der Waals surface area contributed by atoms with Crippen LogP contribution in [-0.2, 0) is 19.6 Å². The zero-order valence-corrected chi connectivity index (χ0v) is 19.1. The molecular formula is C21H29N3O6S. The van der Waals surface area contributed by atoms with Crippen LogP contribution in [0.15, 0.2) is 39.8 Å². The summed E-state index contributed by atoms with van der Waals surface area (Å²) in [4.78, 5) is 25.2. The first-order valence-corrected chi connectivity index (χ1v) is 11.7. The van der Waals surface area contributed by atoms with Crippen molar-refractivity contribution < 1.29 is 27.3 Å². The number of sulfonamides is 1. The Morgan fingerprint density at radius 1 is 1.16 bits per heavy atom. The van der Waals surface area contributed by atoms with E-state index in [9.17, 15) is 18.0 Å². The topological polar surface area (TPSA) is 119 Å². The minimum absolute atomic E-state index is 0.0921. The van der Waals surface area contributed by atoms with Crippen LogP contribution in [0.1, 0.15) is 56.2 Å². The van der Waals surface area contributed by atoms with Gasteiger partial charge < -0.3 is 14.6 Å². The molecular weight excluding hydrogens is 422 g/mol. The molecule has 1 aromatic heterocycles. The molecule has 2 aromatic rings. The number of amides is 1. The van der Waals surface area contributed by atoms with Crippen LogP contribution in [0, 0.1) is 6.92 Å². The van der Waals surface area contributed by atoms with Crippen molar-refractivity contribution in [3.05, 3.63) is 41.7 Å². The lowest BCUT2D eigenvalue weighted by molar-refractivity contribution is -0.125. The second-order valence-electron chi connectivity index (χ2n) is 6.96. The number of nitrogens with zero attached hydrogens (tertiary/aromatic N) is 2. The highest BCUT2D eigenvalue weighted by Gasteiger charge is 2.25. The number of benzene rings is 1. The number of nitrogens with one attached hydrogen (secondary N) is 1. The van der Waals surface area contributed by atoms with Crippen molar-refractivity contribution >= 4 is 27.7 Å². The van der Waals surface area contributed by atoms with Gasteiger partial charge in [0.05, 0.1) is 10.5 Å². The Kier molecular flexibility index (Phi) is 8.76. The molecule has 0 spiro atoms. The van der Waals surface area contributed by atoms with Crippen LogP contribution in [0.3, 0.4) is 0 Å². The number of carbonyl (C=O) groups excluding carboxylic acids is 2. The number of anilines is 1. The summed E-state index contributed by atoms with van der Waals surface area (Å²) in [5.41, 5.74) is 0.157. The Morgan fingerprint density at radius 2 is 1.81 bits per heavy atom. The van der Waals surface area contributed by atoms with Gasteiger partial charge in [0.25, 0.3) is 5.91 Å². The first-order valence-electron chi connectivity index (χ1n) is 10.3. The molecule has 10 heteroatoms. The number of rotatable bonds is 11. The van der Waals surface area contributed by atoms with Crippen molar-refractivity contribution in [2.75, 3.05) is 18.4 Å². The normalized spacial score (nSPS) is 12.5. The highest BCUT2D eigenvalue weighted by molar-refractivity contribution is 7.89. The third-order valence-corrected chi connectivity index (χ3v) is 6.74. The van der Waals surface area contributed by atoms with Crippen LogP contribution >= 0.6 is 0 Å². The van der Waals surface area contributed by atoms with Crippen LogP contribution in [0.4, 0.5) is 5.82 Å². The van der Waals surface area contributed by atoms with E-state index in [0.29, 0.717) is 31.7 Å². The fourth-order valence-corrected chi connectivity index (χ4v) is 4.40. The lowest BCUT2D eigenvalue weighted by Gasteiger charge is -2.19. The van der Waals surface area contributed by atoms with Crippen molar-refractivity contribution in [3.8, 4) is 0 Å². The van der Waals surface area contributed by atoms with Gasteiger partial charge in [0, 0.05) is 19.2 Å². The van der Waals surface area contributed by atoms with Gasteiger partial charge >= 0.3 is 5.97 Å². The van der Waals surface area contributed by atoms with Gasteiger partial charge in [-0.15, -0.1) is 0 Å². The summed E-state index contributed by atoms with van der Waals surface area (Å²) in [6.07, 6.45) is 0.842. The molecule has 0 aliphatic rings. The average molecular weight is 452 g/mol. The van der Waals surface area contributed by atoms with Gasteiger partial charge in [-0.2, -0.15) is 4.31 Å². The largest absolute Gasteiger partial charge is 0.449 e. The Morgan fingerprint density at radius 3 is 2.32 bits per heavy atom. The highest BCUT2D eigenvalue weighted by atomic mass is 32.2. The molecule has 31 heavy (non-hydrogen) atoms. The molecule has 0 saturated carbocycles. The molecule has 170 valence electrons. The number of ether oxygens (including phenoxy) is 1. The van der Waals surface area contributed by atoms with E-state index in [1.54, 1.807) is 26.8 Å². The predicted molar refractivity (Wildman–Crippen MR) is 115 cm³/mol. The quantitative estimate of drug-likeness (QED) is 0.520. The second-order valence-corrected chi connectivity index (χ2v) is 8.90. The predicted octanol–water partition coefficient (Wildman–Crippen LogP) is 3.37. The third-order valence-electron chi connectivity index (χ3n) is 4.67. The lowest BCUT2D eigenvalue weighted by atomic mass is 10.1. The molecule has 1 atom stereocenters. The van der Waals surface area contributed by atoms with Gasteiger partial charge in [0.1, 0.15) is 5.76 Å². The van der Waals surface area contributed by atoms with Crippen LogP contribution in [0.25, 0.3) is 0 Å². The molecule has 1 N–H and O–H groups in total.